The van der Waals surface area contributed by atoms with Gasteiger partial charge in [-0.1, -0.05) is 26.0 Å². The number of carbonyl (C=O) groups is 1. The third-order valence-electron chi connectivity index (χ3n) is 5.40. The van der Waals surface area contributed by atoms with Crippen molar-refractivity contribution in [3.05, 3.63) is 77.9 Å². The summed E-state index contributed by atoms with van der Waals surface area (Å²) < 4.78 is 125. The Balaban J connectivity index is 1.92. The van der Waals surface area contributed by atoms with Crippen molar-refractivity contribution in [2.45, 2.75) is 36.0 Å². The molecule has 0 aliphatic carbocycles. The Labute approximate surface area is 247 Å². The van der Waals surface area contributed by atoms with E-state index < -0.39 is 65.7 Å². The molecule has 0 radical (unpaired) electrons. The van der Waals surface area contributed by atoms with Crippen LogP contribution in [-0.4, -0.2) is 27.4 Å². The topological polar surface area (TPSA) is 127 Å². The molecule has 8 nitrogen and oxygen atoms in total. The van der Waals surface area contributed by atoms with Crippen LogP contribution in [0.1, 0.15) is 42.1 Å². The first-order chi connectivity index (χ1) is 18.0. The molecule has 0 saturated heterocycles. The lowest BCUT2D eigenvalue weighted by molar-refractivity contribution is 0.0716. The summed E-state index contributed by atoms with van der Waals surface area (Å²) >= 11 is 3.24. The van der Waals surface area contributed by atoms with Crippen molar-refractivity contribution in [1.82, 2.24) is 0 Å². The van der Waals surface area contributed by atoms with Gasteiger partial charge in [-0.2, -0.15) is 17.2 Å². The van der Waals surface area contributed by atoms with E-state index in [1.165, 1.54) is 12.1 Å². The standard InChI is InChI=1S/C23H16F4I2O8S2/c1-3-10(2)11-4-6-13(7-5-11)39(34,35)37-20-14(28)8-12(9-15(20)29)23(30)36-21-16(24)18(26)22(38(31,32)33)19(27)17(21)25/h4-10H,3H2,1-2H3,(H,31,32,33)/p-1. The Kier molecular flexibility index (Phi) is 9.56. The Hall–Kier alpha value is -2.03. The fourth-order valence-electron chi connectivity index (χ4n) is 3.17. The molecule has 39 heavy (non-hydrogen) atoms. The predicted octanol–water partition coefficient (Wildman–Crippen LogP) is 5.86. The molecule has 0 aromatic heterocycles. The fraction of sp³-hybridized carbons (Fsp3) is 0.174. The molecular weight excluding hydrogens is 798 g/mol. The van der Waals surface area contributed by atoms with Crippen molar-refractivity contribution in [3.63, 3.8) is 0 Å². The number of hydrogen-bond acceptors (Lipinski definition) is 8. The lowest BCUT2D eigenvalue weighted by atomic mass is 9.99. The van der Waals surface area contributed by atoms with Crippen LogP contribution in [0.3, 0.4) is 0 Å². The van der Waals surface area contributed by atoms with Crippen LogP contribution in [0.4, 0.5) is 17.6 Å². The minimum Gasteiger partial charge on any atom is -0.744 e. The molecule has 3 aromatic rings. The van der Waals surface area contributed by atoms with Gasteiger partial charge in [0.1, 0.15) is 19.9 Å². The average molecular weight is 813 g/mol. The number of halogens is 6. The van der Waals surface area contributed by atoms with Crippen LogP contribution in [0.15, 0.2) is 46.2 Å². The zero-order chi connectivity index (χ0) is 29.4. The molecule has 3 aromatic carbocycles. The summed E-state index contributed by atoms with van der Waals surface area (Å²) in [5.41, 5.74) is 0.493. The van der Waals surface area contributed by atoms with E-state index in [4.69, 9.17) is 4.18 Å². The van der Waals surface area contributed by atoms with Crippen LogP contribution >= 0.6 is 45.2 Å². The first-order valence-corrected chi connectivity index (χ1v) is 15.5. The van der Waals surface area contributed by atoms with E-state index in [-0.39, 0.29) is 23.7 Å². The molecule has 0 saturated carbocycles. The highest BCUT2D eigenvalue weighted by molar-refractivity contribution is 14.1. The molecule has 0 N–H and O–H groups in total. The third kappa shape index (κ3) is 6.66. The number of ether oxygens (including phenoxy) is 1. The average Bonchev–Trinajstić information content (AvgIpc) is 2.86. The molecule has 1 unspecified atom stereocenters. The maximum Gasteiger partial charge on any atom is 0.343 e. The van der Waals surface area contributed by atoms with Crippen LogP contribution < -0.4 is 8.92 Å². The number of benzene rings is 3. The summed E-state index contributed by atoms with van der Waals surface area (Å²) in [4.78, 5) is 9.97. The molecule has 0 amide bonds. The second-order valence-electron chi connectivity index (χ2n) is 7.94. The molecule has 3 rings (SSSR count). The molecular formula is C23H15F4I2O8S2-. The SMILES string of the molecule is CCC(C)c1ccc(S(=O)(=O)Oc2c(I)cc(C(=O)Oc3c(F)c(F)c(S(=O)(=O)[O-])c(F)c3F)cc2I)cc1. The second kappa shape index (κ2) is 11.8. The van der Waals surface area contributed by atoms with Gasteiger partial charge >= 0.3 is 16.1 Å². The van der Waals surface area contributed by atoms with Gasteiger partial charge in [0.2, 0.25) is 17.4 Å². The fourth-order valence-corrected chi connectivity index (χ4v) is 7.04. The molecule has 0 heterocycles. The quantitative estimate of drug-likeness (QED) is 0.0527. The van der Waals surface area contributed by atoms with Crippen molar-refractivity contribution in [2.24, 2.45) is 0 Å². The number of rotatable bonds is 8. The van der Waals surface area contributed by atoms with Crippen LogP contribution in [0, 0.1) is 30.4 Å². The zero-order valence-corrected chi connectivity index (χ0v) is 25.5. The van der Waals surface area contributed by atoms with Crippen LogP contribution in [0.2, 0.25) is 0 Å². The number of hydrogen-bond donors (Lipinski definition) is 0. The molecule has 0 aliphatic heterocycles. The number of esters is 1. The van der Waals surface area contributed by atoms with Gasteiger partial charge in [0.05, 0.1) is 12.7 Å². The highest BCUT2D eigenvalue weighted by Crippen LogP contribution is 2.35. The van der Waals surface area contributed by atoms with E-state index in [1.54, 1.807) is 57.3 Å². The smallest absolute Gasteiger partial charge is 0.343 e. The maximum absolute atomic E-state index is 14.2. The van der Waals surface area contributed by atoms with Gasteiger partial charge in [0, 0.05) is 0 Å². The highest BCUT2D eigenvalue weighted by atomic mass is 127. The summed E-state index contributed by atoms with van der Waals surface area (Å²) in [6.45, 7) is 3.97. The van der Waals surface area contributed by atoms with Crippen LogP contribution in [0.5, 0.6) is 11.5 Å². The third-order valence-corrected chi connectivity index (χ3v) is 9.10. The first kappa shape index (κ1) is 31.5. The lowest BCUT2D eigenvalue weighted by Gasteiger charge is -2.15. The second-order valence-corrected chi connectivity index (χ2v) is 13.1. The Morgan fingerprint density at radius 1 is 0.897 bits per heavy atom. The molecule has 0 bridgehead atoms. The maximum atomic E-state index is 14.2. The normalized spacial score (nSPS) is 12.7. The van der Waals surface area contributed by atoms with Crippen molar-refractivity contribution in [2.75, 3.05) is 0 Å². The van der Waals surface area contributed by atoms with Gasteiger partial charge in [0.25, 0.3) is 0 Å². The monoisotopic (exact) mass is 813 g/mol. The van der Waals surface area contributed by atoms with Crippen molar-refractivity contribution in [3.8, 4) is 11.5 Å². The van der Waals surface area contributed by atoms with E-state index in [9.17, 15) is 43.7 Å². The minimum absolute atomic E-state index is 0.0392. The summed E-state index contributed by atoms with van der Waals surface area (Å²) in [6.07, 6.45) is 0.851. The molecule has 210 valence electrons. The van der Waals surface area contributed by atoms with Crippen molar-refractivity contribution in [1.29, 1.82) is 0 Å². The molecule has 16 heteroatoms. The zero-order valence-electron chi connectivity index (χ0n) is 19.6. The summed E-state index contributed by atoms with van der Waals surface area (Å²) in [7, 11) is -10.3. The summed E-state index contributed by atoms with van der Waals surface area (Å²) in [5, 5.41) is 0. The largest absolute Gasteiger partial charge is 0.744 e. The summed E-state index contributed by atoms with van der Waals surface area (Å²) in [6, 6.07) is 8.10. The molecule has 0 aliphatic rings. The molecule has 1 atom stereocenters. The number of carbonyl (C=O) groups excluding carboxylic acids is 1. The van der Waals surface area contributed by atoms with Crippen molar-refractivity contribution < 1.29 is 52.7 Å². The van der Waals surface area contributed by atoms with E-state index in [1.807, 2.05) is 13.8 Å². The van der Waals surface area contributed by atoms with Gasteiger partial charge in [-0.05, 0) is 87.3 Å². The Morgan fingerprint density at radius 2 is 1.38 bits per heavy atom. The van der Waals surface area contributed by atoms with Gasteiger partial charge in [-0.25, -0.2) is 22.0 Å². The Morgan fingerprint density at radius 3 is 1.82 bits per heavy atom. The summed E-state index contributed by atoms with van der Waals surface area (Å²) in [5.74, 6) is -13.4. The van der Waals surface area contributed by atoms with Crippen molar-refractivity contribution >= 4 is 71.4 Å². The van der Waals surface area contributed by atoms with E-state index in [0.29, 0.717) is 0 Å². The van der Waals surface area contributed by atoms with E-state index in [0.717, 1.165) is 24.1 Å². The van der Waals surface area contributed by atoms with Gasteiger partial charge in [-0.3, -0.25) is 0 Å². The predicted molar refractivity (Wildman–Crippen MR) is 144 cm³/mol. The van der Waals surface area contributed by atoms with E-state index in [2.05, 4.69) is 4.74 Å². The van der Waals surface area contributed by atoms with Crippen LogP contribution in [0.25, 0.3) is 0 Å². The van der Waals surface area contributed by atoms with Crippen LogP contribution in [-0.2, 0) is 20.2 Å². The van der Waals surface area contributed by atoms with Gasteiger partial charge in [-0.15, -0.1) is 0 Å². The molecule has 0 fully saturated rings. The van der Waals surface area contributed by atoms with E-state index >= 15 is 0 Å². The minimum atomic E-state index is -5.95. The van der Waals surface area contributed by atoms with Gasteiger partial charge in [0.15, 0.2) is 17.4 Å². The Bertz CT molecular complexity index is 1630. The first-order valence-electron chi connectivity index (χ1n) is 10.6. The van der Waals surface area contributed by atoms with Gasteiger partial charge < -0.3 is 13.5 Å². The molecule has 0 spiro atoms. The highest BCUT2D eigenvalue weighted by Gasteiger charge is 2.32. The lowest BCUT2D eigenvalue weighted by Crippen LogP contribution is -2.17.